The Balaban J connectivity index is 3.94. The minimum atomic E-state index is -0.676. The number of rotatable bonds is 20. The Hall–Kier alpha value is -1.59. The minimum absolute atomic E-state index is 0.145. The van der Waals surface area contributed by atoms with Gasteiger partial charge >= 0.3 is 0 Å². The average molecular weight is 419 g/mol. The molecule has 0 rings (SSSR count). The van der Waals surface area contributed by atoms with Crippen LogP contribution in [-0.2, 0) is 28.6 Å². The first-order valence-electron chi connectivity index (χ1n) is 10.1. The third-order valence-electron chi connectivity index (χ3n) is 3.86. The van der Waals surface area contributed by atoms with Gasteiger partial charge < -0.3 is 40.3 Å². The van der Waals surface area contributed by atoms with Crippen molar-refractivity contribution < 1.29 is 28.6 Å². The summed E-state index contributed by atoms with van der Waals surface area (Å²) in [5, 5.41) is 11.3. The van der Waals surface area contributed by atoms with Crippen molar-refractivity contribution in [2.24, 2.45) is 0 Å². The van der Waals surface area contributed by atoms with Gasteiger partial charge in [-0.05, 0) is 40.4 Å². The van der Waals surface area contributed by atoms with Crippen molar-refractivity contribution >= 4 is 18.1 Å². The predicted molar refractivity (Wildman–Crippen MR) is 110 cm³/mol. The standard InChI is InChI=1S/C19H38N4O6/c1-16(15-24)22-19(26)17(5-4-7-20-2)23-18(25)6-9-27-11-13-29-14-12-28-10-8-21-3/h15-17,20-21H,4-14H2,1-3H3,(H,22,26)(H,23,25)/t16-,17?/m0/s1. The van der Waals surface area contributed by atoms with Crippen molar-refractivity contribution in [3.63, 3.8) is 0 Å². The van der Waals surface area contributed by atoms with Gasteiger partial charge in [0.15, 0.2) is 0 Å². The number of hydrogen-bond donors (Lipinski definition) is 4. The zero-order valence-electron chi connectivity index (χ0n) is 18.0. The molecule has 0 radical (unpaired) electrons. The third kappa shape index (κ3) is 17.0. The van der Waals surface area contributed by atoms with Gasteiger partial charge in [0.2, 0.25) is 11.8 Å². The van der Waals surface area contributed by atoms with E-state index in [9.17, 15) is 14.4 Å². The molecule has 0 aliphatic heterocycles. The smallest absolute Gasteiger partial charge is 0.243 e. The van der Waals surface area contributed by atoms with Gasteiger partial charge in [-0.25, -0.2) is 0 Å². The van der Waals surface area contributed by atoms with E-state index in [1.165, 1.54) is 0 Å². The van der Waals surface area contributed by atoms with E-state index < -0.39 is 12.1 Å². The maximum absolute atomic E-state index is 12.2. The highest BCUT2D eigenvalue weighted by Gasteiger charge is 2.21. The third-order valence-corrected chi connectivity index (χ3v) is 3.86. The summed E-state index contributed by atoms with van der Waals surface area (Å²) in [5.41, 5.74) is 0. The molecule has 0 bridgehead atoms. The van der Waals surface area contributed by atoms with E-state index in [0.717, 1.165) is 19.5 Å². The van der Waals surface area contributed by atoms with Crippen molar-refractivity contribution in [1.29, 1.82) is 0 Å². The monoisotopic (exact) mass is 418 g/mol. The maximum Gasteiger partial charge on any atom is 0.243 e. The SMILES string of the molecule is CNCCCC(NC(=O)CCOCCOCCOCCNC)C(=O)N[C@@H](C)C=O. The fourth-order valence-electron chi connectivity index (χ4n) is 2.26. The van der Waals surface area contributed by atoms with Crippen LogP contribution < -0.4 is 21.3 Å². The van der Waals surface area contributed by atoms with Crippen molar-refractivity contribution in [1.82, 2.24) is 21.3 Å². The molecular formula is C19H38N4O6. The molecule has 0 aliphatic rings. The molecule has 0 aromatic rings. The summed E-state index contributed by atoms with van der Waals surface area (Å²) in [6, 6.07) is -1.27. The second-order valence-electron chi connectivity index (χ2n) is 6.49. The van der Waals surface area contributed by atoms with E-state index in [1.807, 2.05) is 14.1 Å². The van der Waals surface area contributed by atoms with Gasteiger partial charge in [0, 0.05) is 13.0 Å². The molecule has 0 aromatic heterocycles. The summed E-state index contributed by atoms with van der Waals surface area (Å²) in [5.74, 6) is -0.632. The number of carbonyl (C=O) groups is 3. The lowest BCUT2D eigenvalue weighted by Crippen LogP contribution is -2.49. The lowest BCUT2D eigenvalue weighted by molar-refractivity contribution is -0.130. The molecular weight excluding hydrogens is 380 g/mol. The van der Waals surface area contributed by atoms with Crippen LogP contribution in [0.4, 0.5) is 0 Å². The Labute approximate surface area is 173 Å². The average Bonchev–Trinajstić information content (AvgIpc) is 2.71. The van der Waals surface area contributed by atoms with Crippen molar-refractivity contribution in [2.45, 2.75) is 38.3 Å². The lowest BCUT2D eigenvalue weighted by atomic mass is 10.1. The molecule has 0 aliphatic carbocycles. The number of aldehydes is 1. The normalized spacial score (nSPS) is 12.9. The molecule has 0 saturated heterocycles. The number of hydrogen-bond acceptors (Lipinski definition) is 8. The summed E-state index contributed by atoms with van der Waals surface area (Å²) in [6.07, 6.45) is 1.99. The Morgan fingerprint density at radius 2 is 1.45 bits per heavy atom. The molecule has 2 atom stereocenters. The van der Waals surface area contributed by atoms with Crippen LogP contribution in [0.2, 0.25) is 0 Å². The van der Waals surface area contributed by atoms with Gasteiger partial charge in [0.05, 0.1) is 45.7 Å². The summed E-state index contributed by atoms with van der Waals surface area (Å²) in [6.45, 7) is 5.84. The van der Waals surface area contributed by atoms with Gasteiger partial charge in [-0.1, -0.05) is 0 Å². The number of ether oxygens (including phenoxy) is 3. The molecule has 4 N–H and O–H groups in total. The Bertz CT molecular complexity index is 439. The molecule has 170 valence electrons. The molecule has 0 heterocycles. The van der Waals surface area contributed by atoms with Crippen LogP contribution in [0.3, 0.4) is 0 Å². The van der Waals surface area contributed by atoms with Crippen LogP contribution in [0.1, 0.15) is 26.2 Å². The van der Waals surface area contributed by atoms with Crippen molar-refractivity contribution in [3.05, 3.63) is 0 Å². The highest BCUT2D eigenvalue weighted by atomic mass is 16.5. The van der Waals surface area contributed by atoms with E-state index >= 15 is 0 Å². The number of carbonyl (C=O) groups excluding carboxylic acids is 3. The fraction of sp³-hybridized carbons (Fsp3) is 0.842. The Morgan fingerprint density at radius 1 is 0.862 bits per heavy atom. The molecule has 10 nitrogen and oxygen atoms in total. The zero-order chi connectivity index (χ0) is 21.7. The van der Waals surface area contributed by atoms with Gasteiger partial charge in [0.1, 0.15) is 12.3 Å². The van der Waals surface area contributed by atoms with Crippen LogP contribution in [0.15, 0.2) is 0 Å². The highest BCUT2D eigenvalue weighted by Crippen LogP contribution is 1.99. The summed E-state index contributed by atoms with van der Waals surface area (Å²) in [4.78, 5) is 35.1. The van der Waals surface area contributed by atoms with Crippen molar-refractivity contribution in [3.8, 4) is 0 Å². The van der Waals surface area contributed by atoms with E-state index in [2.05, 4.69) is 21.3 Å². The molecule has 0 aromatic carbocycles. The highest BCUT2D eigenvalue weighted by molar-refractivity contribution is 5.89. The van der Waals surface area contributed by atoms with Gasteiger partial charge in [-0.3, -0.25) is 9.59 Å². The quantitative estimate of drug-likeness (QED) is 0.144. The van der Waals surface area contributed by atoms with Crippen LogP contribution in [0.25, 0.3) is 0 Å². The Kier molecular flexibility index (Phi) is 18.6. The summed E-state index contributed by atoms with van der Waals surface area (Å²) >= 11 is 0. The maximum atomic E-state index is 12.2. The van der Waals surface area contributed by atoms with Gasteiger partial charge in [-0.2, -0.15) is 0 Å². The number of amides is 2. The second-order valence-corrected chi connectivity index (χ2v) is 6.49. The van der Waals surface area contributed by atoms with Gasteiger partial charge in [-0.15, -0.1) is 0 Å². The molecule has 0 spiro atoms. The first-order valence-corrected chi connectivity index (χ1v) is 10.1. The van der Waals surface area contributed by atoms with E-state index in [4.69, 9.17) is 14.2 Å². The molecule has 0 saturated carbocycles. The van der Waals surface area contributed by atoms with E-state index in [1.54, 1.807) is 6.92 Å². The lowest BCUT2D eigenvalue weighted by Gasteiger charge is -2.19. The molecule has 29 heavy (non-hydrogen) atoms. The summed E-state index contributed by atoms with van der Waals surface area (Å²) < 4.78 is 16.1. The van der Waals surface area contributed by atoms with E-state index in [-0.39, 0.29) is 24.8 Å². The minimum Gasteiger partial charge on any atom is -0.379 e. The van der Waals surface area contributed by atoms with Gasteiger partial charge in [0.25, 0.3) is 0 Å². The molecule has 2 amide bonds. The topological polar surface area (TPSA) is 127 Å². The largest absolute Gasteiger partial charge is 0.379 e. The van der Waals surface area contributed by atoms with E-state index in [0.29, 0.717) is 45.7 Å². The van der Waals surface area contributed by atoms with Crippen LogP contribution in [-0.4, -0.2) is 97.0 Å². The van der Waals surface area contributed by atoms with Crippen LogP contribution in [0.5, 0.6) is 0 Å². The number of nitrogens with one attached hydrogen (secondary N) is 4. The fourth-order valence-corrected chi connectivity index (χ4v) is 2.26. The molecule has 1 unspecified atom stereocenters. The van der Waals surface area contributed by atoms with Crippen molar-refractivity contribution in [2.75, 3.05) is 66.8 Å². The zero-order valence-corrected chi connectivity index (χ0v) is 18.0. The Morgan fingerprint density at radius 3 is 2.03 bits per heavy atom. The second kappa shape index (κ2) is 19.7. The summed E-state index contributed by atoms with van der Waals surface area (Å²) in [7, 11) is 3.69. The van der Waals surface area contributed by atoms with Crippen LogP contribution >= 0.6 is 0 Å². The number of likely N-dealkylation sites (N-methyl/N-ethyl adjacent to an activating group) is 1. The molecule has 0 fully saturated rings. The predicted octanol–water partition coefficient (Wildman–Crippen LogP) is -1.17. The first kappa shape index (κ1) is 27.4. The molecule has 10 heteroatoms. The van der Waals surface area contributed by atoms with Crippen LogP contribution in [0, 0.1) is 0 Å². The first-order chi connectivity index (χ1) is 14.0.